The number of imide groups is 1. The van der Waals surface area contributed by atoms with Gasteiger partial charge in [0.15, 0.2) is 0 Å². The van der Waals surface area contributed by atoms with Crippen LogP contribution < -0.4 is 9.64 Å². The van der Waals surface area contributed by atoms with Crippen molar-refractivity contribution in [1.82, 2.24) is 0 Å². The Morgan fingerprint density at radius 3 is 2.28 bits per heavy atom. The van der Waals surface area contributed by atoms with Crippen LogP contribution in [0.3, 0.4) is 0 Å². The van der Waals surface area contributed by atoms with Crippen LogP contribution in [0.1, 0.15) is 34.0 Å². The quantitative estimate of drug-likeness (QED) is 0.464. The second-order valence-electron chi connectivity index (χ2n) is 6.89. The molecule has 3 aromatic carbocycles. The van der Waals surface area contributed by atoms with E-state index in [4.69, 9.17) is 4.74 Å². The molecular formula is C25H21NO3. The van der Waals surface area contributed by atoms with Gasteiger partial charge in [0, 0.05) is 11.1 Å². The van der Waals surface area contributed by atoms with Crippen molar-refractivity contribution in [3.8, 4) is 5.75 Å². The van der Waals surface area contributed by atoms with E-state index in [1.54, 1.807) is 12.1 Å². The second-order valence-corrected chi connectivity index (χ2v) is 6.89. The van der Waals surface area contributed by atoms with Crippen LogP contribution in [0, 0.1) is 6.92 Å². The van der Waals surface area contributed by atoms with E-state index in [0.717, 1.165) is 16.9 Å². The van der Waals surface area contributed by atoms with E-state index in [1.165, 1.54) is 4.90 Å². The average molecular weight is 383 g/mol. The van der Waals surface area contributed by atoms with Crippen LogP contribution in [-0.4, -0.2) is 18.4 Å². The molecule has 0 bridgehead atoms. The van der Waals surface area contributed by atoms with E-state index in [9.17, 15) is 9.59 Å². The highest BCUT2D eigenvalue weighted by Gasteiger charge is 2.35. The molecule has 29 heavy (non-hydrogen) atoms. The molecule has 4 rings (SSSR count). The third kappa shape index (κ3) is 3.57. The molecule has 0 unspecified atom stereocenters. The Kier molecular flexibility index (Phi) is 5.00. The predicted octanol–water partition coefficient (Wildman–Crippen LogP) is 5.12. The van der Waals surface area contributed by atoms with Crippen molar-refractivity contribution in [2.45, 2.75) is 13.8 Å². The van der Waals surface area contributed by atoms with Gasteiger partial charge in [-0.25, -0.2) is 4.90 Å². The summed E-state index contributed by atoms with van der Waals surface area (Å²) in [7, 11) is 0. The summed E-state index contributed by atoms with van der Waals surface area (Å²) in [6.45, 7) is 4.47. The molecule has 1 heterocycles. The number of ether oxygens (including phenoxy) is 1. The van der Waals surface area contributed by atoms with Crippen molar-refractivity contribution in [2.24, 2.45) is 0 Å². The van der Waals surface area contributed by atoms with Crippen LogP contribution in [0.25, 0.3) is 11.6 Å². The highest BCUT2D eigenvalue weighted by Crippen LogP contribution is 2.33. The van der Waals surface area contributed by atoms with Crippen molar-refractivity contribution in [3.05, 3.63) is 95.1 Å². The molecule has 2 amide bonds. The van der Waals surface area contributed by atoms with Crippen molar-refractivity contribution in [3.63, 3.8) is 0 Å². The number of aryl methyl sites for hydroxylation is 1. The molecule has 0 saturated heterocycles. The Morgan fingerprint density at radius 2 is 1.59 bits per heavy atom. The van der Waals surface area contributed by atoms with Gasteiger partial charge < -0.3 is 4.74 Å². The van der Waals surface area contributed by atoms with E-state index >= 15 is 0 Å². The number of anilines is 1. The zero-order valence-electron chi connectivity index (χ0n) is 16.4. The van der Waals surface area contributed by atoms with Crippen molar-refractivity contribution in [2.75, 3.05) is 11.5 Å². The molecule has 0 radical (unpaired) electrons. The number of rotatable bonds is 4. The average Bonchev–Trinajstić information content (AvgIpc) is 2.73. The van der Waals surface area contributed by atoms with Gasteiger partial charge in [0.1, 0.15) is 5.75 Å². The topological polar surface area (TPSA) is 46.6 Å². The molecule has 3 aromatic rings. The number of hydrogen-bond acceptors (Lipinski definition) is 3. The van der Waals surface area contributed by atoms with Crippen molar-refractivity contribution < 1.29 is 14.3 Å². The Balaban J connectivity index is 1.83. The maximum Gasteiger partial charge on any atom is 0.265 e. The van der Waals surface area contributed by atoms with Gasteiger partial charge in [-0.15, -0.1) is 0 Å². The maximum atomic E-state index is 13.4. The minimum Gasteiger partial charge on any atom is -0.494 e. The van der Waals surface area contributed by atoms with Crippen LogP contribution in [0.15, 0.2) is 72.8 Å². The Morgan fingerprint density at radius 1 is 0.862 bits per heavy atom. The van der Waals surface area contributed by atoms with E-state index in [2.05, 4.69) is 0 Å². The summed E-state index contributed by atoms with van der Waals surface area (Å²) in [5, 5.41) is 0. The first kappa shape index (κ1) is 18.7. The number of carbonyl (C=O) groups excluding carboxylic acids is 2. The highest BCUT2D eigenvalue weighted by atomic mass is 16.5. The van der Waals surface area contributed by atoms with E-state index in [0.29, 0.717) is 29.0 Å². The van der Waals surface area contributed by atoms with Gasteiger partial charge in [-0.1, -0.05) is 42.5 Å². The molecule has 0 aliphatic carbocycles. The lowest BCUT2D eigenvalue weighted by atomic mass is 9.91. The molecular weight excluding hydrogens is 362 g/mol. The molecule has 4 heteroatoms. The zero-order valence-corrected chi connectivity index (χ0v) is 16.4. The Labute approximate surface area is 170 Å². The standard InChI is InChI=1S/C25H21NO3/c1-3-29-20-13-11-18(12-14-20)16-23-21-9-4-5-10-22(21)24(27)26(25(23)28)19-8-6-7-17(2)15-19/h4-16H,3H2,1-2H3/b23-16-. The van der Waals surface area contributed by atoms with Crippen LogP contribution in [0.4, 0.5) is 5.69 Å². The Bertz CT molecular complexity index is 1110. The molecule has 0 spiro atoms. The monoisotopic (exact) mass is 383 g/mol. The van der Waals surface area contributed by atoms with E-state index in [-0.39, 0.29) is 11.8 Å². The van der Waals surface area contributed by atoms with Crippen molar-refractivity contribution in [1.29, 1.82) is 0 Å². The molecule has 0 fully saturated rings. The molecule has 1 aliphatic rings. The minimum atomic E-state index is -0.326. The molecule has 0 saturated carbocycles. The van der Waals surface area contributed by atoms with Crippen LogP contribution in [-0.2, 0) is 4.79 Å². The fraction of sp³-hybridized carbons (Fsp3) is 0.120. The number of carbonyl (C=O) groups is 2. The smallest absolute Gasteiger partial charge is 0.265 e. The van der Waals surface area contributed by atoms with Gasteiger partial charge in [-0.05, 0) is 66.9 Å². The normalized spacial score (nSPS) is 14.8. The summed E-state index contributed by atoms with van der Waals surface area (Å²) in [6, 6.07) is 22.2. The lowest BCUT2D eigenvalue weighted by Gasteiger charge is -2.29. The number of hydrogen-bond donors (Lipinski definition) is 0. The van der Waals surface area contributed by atoms with Gasteiger partial charge in [-0.3, -0.25) is 9.59 Å². The van der Waals surface area contributed by atoms with Gasteiger partial charge in [0.2, 0.25) is 0 Å². The first-order valence-electron chi connectivity index (χ1n) is 9.58. The molecule has 144 valence electrons. The van der Waals surface area contributed by atoms with E-state index < -0.39 is 0 Å². The van der Waals surface area contributed by atoms with Gasteiger partial charge in [-0.2, -0.15) is 0 Å². The second kappa shape index (κ2) is 7.76. The van der Waals surface area contributed by atoms with Crippen LogP contribution >= 0.6 is 0 Å². The minimum absolute atomic E-state index is 0.306. The van der Waals surface area contributed by atoms with Gasteiger partial charge in [0.25, 0.3) is 11.8 Å². The SMILES string of the molecule is CCOc1ccc(/C=C2\C(=O)N(c3cccc(C)c3)C(=O)c3ccccc32)cc1. The largest absolute Gasteiger partial charge is 0.494 e. The molecule has 4 nitrogen and oxygen atoms in total. The van der Waals surface area contributed by atoms with Gasteiger partial charge in [0.05, 0.1) is 12.3 Å². The number of fused-ring (bicyclic) bond motifs is 1. The fourth-order valence-electron chi connectivity index (χ4n) is 3.49. The highest BCUT2D eigenvalue weighted by molar-refractivity contribution is 6.43. The molecule has 0 atom stereocenters. The molecule has 1 aliphatic heterocycles. The summed E-state index contributed by atoms with van der Waals surface area (Å²) in [4.78, 5) is 27.8. The third-order valence-corrected chi connectivity index (χ3v) is 4.85. The van der Waals surface area contributed by atoms with Gasteiger partial charge >= 0.3 is 0 Å². The van der Waals surface area contributed by atoms with Crippen LogP contribution in [0.2, 0.25) is 0 Å². The first-order chi connectivity index (χ1) is 14.1. The maximum absolute atomic E-state index is 13.4. The summed E-state index contributed by atoms with van der Waals surface area (Å²) in [6.07, 6.45) is 1.83. The third-order valence-electron chi connectivity index (χ3n) is 4.85. The first-order valence-corrected chi connectivity index (χ1v) is 9.58. The molecule has 0 aromatic heterocycles. The summed E-state index contributed by atoms with van der Waals surface area (Å²) in [5.41, 5.74) is 4.09. The summed E-state index contributed by atoms with van der Waals surface area (Å²) < 4.78 is 5.49. The lowest BCUT2D eigenvalue weighted by Crippen LogP contribution is -2.41. The van der Waals surface area contributed by atoms with Crippen molar-refractivity contribution >= 4 is 29.2 Å². The lowest BCUT2D eigenvalue weighted by molar-refractivity contribution is -0.112. The predicted molar refractivity (Wildman–Crippen MR) is 115 cm³/mol. The summed E-state index contributed by atoms with van der Waals surface area (Å²) >= 11 is 0. The molecule has 0 N–H and O–H groups in total. The zero-order chi connectivity index (χ0) is 20.4. The number of benzene rings is 3. The van der Waals surface area contributed by atoms with E-state index in [1.807, 2.05) is 80.6 Å². The van der Waals surface area contributed by atoms with Crippen LogP contribution in [0.5, 0.6) is 5.75 Å². The fourth-order valence-corrected chi connectivity index (χ4v) is 3.49. The number of nitrogens with zero attached hydrogens (tertiary/aromatic N) is 1. The Hall–Kier alpha value is -3.66. The summed E-state index contributed by atoms with van der Waals surface area (Å²) in [5.74, 6) is 0.148. The number of amides is 2.